The second-order valence-electron chi connectivity index (χ2n) is 6.10. The van der Waals surface area contributed by atoms with Crippen LogP contribution in [0.5, 0.6) is 5.75 Å². The van der Waals surface area contributed by atoms with Gasteiger partial charge in [-0.05, 0) is 25.1 Å². The van der Waals surface area contributed by atoms with Crippen molar-refractivity contribution in [2.45, 2.75) is 13.8 Å². The summed E-state index contributed by atoms with van der Waals surface area (Å²) in [6.45, 7) is 3.23. The van der Waals surface area contributed by atoms with Gasteiger partial charge in [-0.15, -0.1) is 0 Å². The highest BCUT2D eigenvalue weighted by Crippen LogP contribution is 2.26. The van der Waals surface area contributed by atoms with Gasteiger partial charge in [-0.1, -0.05) is 0 Å². The number of carbonyl (C=O) groups is 2. The maximum atomic E-state index is 13.6. The average Bonchev–Trinajstić information content (AvgIpc) is 3.02. The lowest BCUT2D eigenvalue weighted by Gasteiger charge is -2.19. The number of benzene rings is 1. The topological polar surface area (TPSA) is 75.9 Å². The minimum atomic E-state index is -0.509. The van der Waals surface area contributed by atoms with E-state index in [9.17, 15) is 14.0 Å². The zero-order valence-corrected chi connectivity index (χ0v) is 15.4. The van der Waals surface area contributed by atoms with Crippen molar-refractivity contribution in [1.82, 2.24) is 9.38 Å². The number of aryl methyl sites for hydroxylation is 1. The molecule has 0 spiro atoms. The van der Waals surface area contributed by atoms with Crippen molar-refractivity contribution in [2.24, 2.45) is 0 Å². The normalized spacial score (nSPS) is 10.7. The Kier molecular flexibility index (Phi) is 4.81. The number of hydrogen-bond acceptors (Lipinski definition) is 4. The molecule has 1 N–H and O–H groups in total. The molecular weight excluding hydrogens is 351 g/mol. The number of hydrogen-bond donors (Lipinski definition) is 1. The van der Waals surface area contributed by atoms with E-state index in [1.54, 1.807) is 29.9 Å². The number of anilines is 2. The molecule has 140 valence electrons. The van der Waals surface area contributed by atoms with Gasteiger partial charge in [-0.25, -0.2) is 9.37 Å². The minimum absolute atomic E-state index is 0.0481. The minimum Gasteiger partial charge on any atom is -0.494 e. The smallest absolute Gasteiger partial charge is 0.259 e. The van der Waals surface area contributed by atoms with E-state index >= 15 is 0 Å². The average molecular weight is 370 g/mol. The Morgan fingerprint density at radius 1 is 1.30 bits per heavy atom. The maximum Gasteiger partial charge on any atom is 0.259 e. The number of nitrogens with zero attached hydrogens (tertiary/aromatic N) is 3. The molecule has 0 bridgehead atoms. The monoisotopic (exact) mass is 370 g/mol. The van der Waals surface area contributed by atoms with Gasteiger partial charge in [-0.3, -0.25) is 9.59 Å². The number of carbonyl (C=O) groups excluding carboxylic acids is 2. The third-order valence-electron chi connectivity index (χ3n) is 4.18. The van der Waals surface area contributed by atoms with E-state index in [1.165, 1.54) is 37.1 Å². The van der Waals surface area contributed by atoms with Crippen molar-refractivity contribution in [3.63, 3.8) is 0 Å². The van der Waals surface area contributed by atoms with Crippen LogP contribution in [0.25, 0.3) is 5.65 Å². The van der Waals surface area contributed by atoms with Crippen molar-refractivity contribution in [2.75, 3.05) is 24.4 Å². The van der Waals surface area contributed by atoms with E-state index in [-0.39, 0.29) is 17.6 Å². The molecule has 0 atom stereocenters. The van der Waals surface area contributed by atoms with Crippen molar-refractivity contribution < 1.29 is 18.7 Å². The molecule has 2 aromatic heterocycles. The van der Waals surface area contributed by atoms with Gasteiger partial charge in [0.2, 0.25) is 5.91 Å². The quantitative estimate of drug-likeness (QED) is 0.766. The van der Waals surface area contributed by atoms with Crippen molar-refractivity contribution in [3.05, 3.63) is 53.7 Å². The predicted octanol–water partition coefficient (Wildman–Crippen LogP) is 3.03. The van der Waals surface area contributed by atoms with Crippen LogP contribution < -0.4 is 15.0 Å². The van der Waals surface area contributed by atoms with Gasteiger partial charge in [0.15, 0.2) is 17.2 Å². The van der Waals surface area contributed by atoms with Crippen LogP contribution >= 0.6 is 0 Å². The molecule has 7 nitrogen and oxygen atoms in total. The molecule has 0 unspecified atom stereocenters. The summed E-state index contributed by atoms with van der Waals surface area (Å²) in [7, 11) is 2.94. The van der Waals surface area contributed by atoms with Gasteiger partial charge in [0.1, 0.15) is 0 Å². The van der Waals surface area contributed by atoms with Gasteiger partial charge < -0.3 is 19.4 Å². The Labute approximate surface area is 155 Å². The number of halogens is 1. The van der Waals surface area contributed by atoms with E-state index in [2.05, 4.69) is 10.3 Å². The van der Waals surface area contributed by atoms with Gasteiger partial charge in [0.25, 0.3) is 5.91 Å². The summed E-state index contributed by atoms with van der Waals surface area (Å²) >= 11 is 0. The second kappa shape index (κ2) is 7.06. The van der Waals surface area contributed by atoms with E-state index < -0.39 is 5.82 Å². The molecule has 0 saturated heterocycles. The number of nitrogens with one attached hydrogen (secondary N) is 1. The Balaban J connectivity index is 2.04. The lowest BCUT2D eigenvalue weighted by Crippen LogP contribution is -2.27. The lowest BCUT2D eigenvalue weighted by molar-refractivity contribution is -0.114. The molecule has 0 saturated carbocycles. The predicted molar refractivity (Wildman–Crippen MR) is 99.9 cm³/mol. The number of methoxy groups -OCH3 is 1. The van der Waals surface area contributed by atoms with Crippen LogP contribution in [0.2, 0.25) is 0 Å². The summed E-state index contributed by atoms with van der Waals surface area (Å²) in [5.74, 6) is -1.05. The molecule has 2 heterocycles. The van der Waals surface area contributed by atoms with Crippen LogP contribution in [0.1, 0.15) is 23.0 Å². The fourth-order valence-electron chi connectivity index (χ4n) is 2.77. The molecule has 8 heteroatoms. The molecule has 3 aromatic rings. The molecule has 3 rings (SSSR count). The van der Waals surface area contributed by atoms with Gasteiger partial charge >= 0.3 is 0 Å². The Bertz CT molecular complexity index is 1040. The number of imidazole rings is 1. The second-order valence-corrected chi connectivity index (χ2v) is 6.10. The Morgan fingerprint density at radius 2 is 2.04 bits per heavy atom. The van der Waals surface area contributed by atoms with Crippen LogP contribution in [0.15, 0.2) is 36.7 Å². The Hall–Kier alpha value is -3.42. The summed E-state index contributed by atoms with van der Waals surface area (Å²) in [6, 6.07) is 5.75. The van der Waals surface area contributed by atoms with Crippen LogP contribution in [0.4, 0.5) is 15.8 Å². The fourth-order valence-corrected chi connectivity index (χ4v) is 2.77. The number of amides is 2. The standard InChI is InChI=1S/C19H19FN4O3/c1-11-9-21-18-16(22-12(2)25)7-13(10-24(11)18)19(26)23(3)14-5-6-15(20)17(8-14)27-4/h5-10H,1-4H3,(H,22,25). The zero-order valence-electron chi connectivity index (χ0n) is 15.4. The first-order chi connectivity index (χ1) is 12.8. The summed E-state index contributed by atoms with van der Waals surface area (Å²) in [5, 5.41) is 2.70. The summed E-state index contributed by atoms with van der Waals surface area (Å²) in [4.78, 5) is 30.2. The maximum absolute atomic E-state index is 13.6. The van der Waals surface area contributed by atoms with E-state index in [4.69, 9.17) is 4.74 Å². The molecule has 2 amide bonds. The molecule has 0 aliphatic heterocycles. The number of pyridine rings is 1. The highest BCUT2D eigenvalue weighted by molar-refractivity contribution is 6.07. The number of aromatic nitrogens is 2. The van der Waals surface area contributed by atoms with Gasteiger partial charge in [-0.2, -0.15) is 0 Å². The summed E-state index contributed by atoms with van der Waals surface area (Å²) in [5.41, 5.74) is 2.62. The van der Waals surface area contributed by atoms with Crippen LogP contribution in [0, 0.1) is 12.7 Å². The number of fused-ring (bicyclic) bond motifs is 1. The van der Waals surface area contributed by atoms with Crippen molar-refractivity contribution in [3.8, 4) is 5.75 Å². The first kappa shape index (κ1) is 18.4. The van der Waals surface area contributed by atoms with E-state index in [1.807, 2.05) is 6.92 Å². The van der Waals surface area contributed by atoms with Crippen LogP contribution in [-0.4, -0.2) is 35.4 Å². The van der Waals surface area contributed by atoms with Crippen LogP contribution in [0.3, 0.4) is 0 Å². The lowest BCUT2D eigenvalue weighted by atomic mass is 10.2. The van der Waals surface area contributed by atoms with Crippen molar-refractivity contribution in [1.29, 1.82) is 0 Å². The van der Waals surface area contributed by atoms with Gasteiger partial charge in [0.05, 0.1) is 18.4 Å². The van der Waals surface area contributed by atoms with Crippen molar-refractivity contribution >= 4 is 28.8 Å². The SMILES string of the molecule is COc1cc(N(C)C(=O)c2cc(NC(C)=O)c3ncc(C)n3c2)ccc1F. The summed E-state index contributed by atoms with van der Waals surface area (Å²) < 4.78 is 20.3. The first-order valence-electron chi connectivity index (χ1n) is 8.18. The van der Waals surface area contributed by atoms with E-state index in [0.29, 0.717) is 22.6 Å². The molecular formula is C19H19FN4O3. The molecule has 0 aliphatic rings. The zero-order chi connectivity index (χ0) is 19.7. The summed E-state index contributed by atoms with van der Waals surface area (Å²) in [6.07, 6.45) is 3.31. The third kappa shape index (κ3) is 3.46. The molecule has 1 aromatic carbocycles. The molecule has 0 fully saturated rings. The third-order valence-corrected chi connectivity index (χ3v) is 4.18. The largest absolute Gasteiger partial charge is 0.494 e. The molecule has 27 heavy (non-hydrogen) atoms. The van der Waals surface area contributed by atoms with E-state index in [0.717, 1.165) is 5.69 Å². The highest BCUT2D eigenvalue weighted by atomic mass is 19.1. The number of ether oxygens (including phenoxy) is 1. The number of rotatable bonds is 4. The van der Waals surface area contributed by atoms with Crippen LogP contribution in [-0.2, 0) is 4.79 Å². The molecule has 0 radical (unpaired) electrons. The highest BCUT2D eigenvalue weighted by Gasteiger charge is 2.19. The molecule has 0 aliphatic carbocycles. The van der Waals surface area contributed by atoms with Gasteiger partial charge in [0, 0.05) is 43.8 Å². The fraction of sp³-hybridized carbons (Fsp3) is 0.211. The Morgan fingerprint density at radius 3 is 2.70 bits per heavy atom. The first-order valence-corrected chi connectivity index (χ1v) is 8.18.